The molecule has 0 aliphatic carbocycles. The average molecular weight is 957 g/mol. The Labute approximate surface area is 398 Å². The second-order valence-electron chi connectivity index (χ2n) is 17.7. The van der Waals surface area contributed by atoms with Gasteiger partial charge in [-0.25, -0.2) is 29.1 Å². The van der Waals surface area contributed by atoms with E-state index in [0.717, 1.165) is 11.1 Å². The van der Waals surface area contributed by atoms with Gasteiger partial charge in [0.05, 0.1) is 84.5 Å². The molecule has 70 heavy (non-hydrogen) atoms. The van der Waals surface area contributed by atoms with Gasteiger partial charge in [-0.2, -0.15) is 0 Å². The number of benzene rings is 2. The summed E-state index contributed by atoms with van der Waals surface area (Å²) in [5.74, 6) is -0.968. The number of nitrogens with zero attached hydrogens (tertiary/aromatic N) is 6. The number of carbonyl (C=O) groups excluding carboxylic acids is 4. The molecule has 4 aliphatic rings. The summed E-state index contributed by atoms with van der Waals surface area (Å²) in [5.41, 5.74) is 1.29. The summed E-state index contributed by atoms with van der Waals surface area (Å²) >= 11 is 0. The molecule has 2 atom stereocenters. The van der Waals surface area contributed by atoms with Crippen molar-refractivity contribution in [3.05, 3.63) is 115 Å². The van der Waals surface area contributed by atoms with Gasteiger partial charge >= 0.3 is 24.1 Å². The maximum atomic E-state index is 13.5. The number of aliphatic hydroxyl groups is 2. The van der Waals surface area contributed by atoms with Crippen LogP contribution in [0.15, 0.2) is 70.3 Å². The van der Waals surface area contributed by atoms with E-state index in [-0.39, 0.29) is 112 Å². The molecule has 4 aromatic heterocycles. The standard InChI is InChI=1S/C50H48N6O14/c1-5-49(63)35-21-39-41-29(23-55(39)43(57)33(35)25-67-45(49)59)17-27-19-31(7-9-37(27)51-41)69-47(61)53(3)11-13-65-15-16-66-14-12-54(4)48(62)70-32-8-10-38-28(20-32)18-30-24-56-40(42(30)52-38)22-36-34(44(56)58)26-68-46(60)50(36,64)6-2/h7-10,17-22,63-64H,5-6,11-16,23-26H2,1-4H3. The van der Waals surface area contributed by atoms with Crippen molar-refractivity contribution < 1.29 is 57.8 Å². The summed E-state index contributed by atoms with van der Waals surface area (Å²) in [7, 11) is 3.18. The number of hydrogen-bond acceptors (Lipinski definition) is 16. The maximum Gasteiger partial charge on any atom is 0.415 e. The van der Waals surface area contributed by atoms with E-state index in [1.165, 1.54) is 9.80 Å². The van der Waals surface area contributed by atoms with Crippen molar-refractivity contribution in [3.63, 3.8) is 0 Å². The van der Waals surface area contributed by atoms with Crippen LogP contribution in [0.1, 0.15) is 60.1 Å². The number of amides is 2. The zero-order valence-electron chi connectivity index (χ0n) is 38.7. The predicted octanol–water partition coefficient (Wildman–Crippen LogP) is 4.07. The molecule has 2 amide bonds. The van der Waals surface area contributed by atoms with Crippen LogP contribution >= 0.6 is 0 Å². The molecule has 362 valence electrons. The molecular weight excluding hydrogens is 909 g/mol. The quantitative estimate of drug-likeness (QED) is 0.122. The highest BCUT2D eigenvalue weighted by molar-refractivity contribution is 5.89. The minimum Gasteiger partial charge on any atom is -0.458 e. The molecule has 10 rings (SSSR count). The van der Waals surface area contributed by atoms with E-state index < -0.39 is 35.3 Å². The van der Waals surface area contributed by atoms with Crippen molar-refractivity contribution in [2.24, 2.45) is 0 Å². The van der Waals surface area contributed by atoms with Crippen LogP contribution in [-0.2, 0) is 66.0 Å². The zero-order valence-corrected chi connectivity index (χ0v) is 38.7. The van der Waals surface area contributed by atoms with Gasteiger partial charge in [0, 0.05) is 60.2 Å². The lowest BCUT2D eigenvalue weighted by Crippen LogP contribution is -2.44. The van der Waals surface area contributed by atoms with E-state index in [0.29, 0.717) is 56.1 Å². The molecule has 20 heteroatoms. The third-order valence-corrected chi connectivity index (χ3v) is 13.5. The van der Waals surface area contributed by atoms with Crippen LogP contribution in [0.4, 0.5) is 9.59 Å². The first-order chi connectivity index (χ1) is 33.6. The lowest BCUT2D eigenvalue weighted by atomic mass is 9.86. The highest BCUT2D eigenvalue weighted by atomic mass is 16.6. The van der Waals surface area contributed by atoms with E-state index in [4.69, 9.17) is 38.4 Å². The van der Waals surface area contributed by atoms with Crippen LogP contribution in [0.2, 0.25) is 0 Å². The predicted molar refractivity (Wildman–Crippen MR) is 248 cm³/mol. The van der Waals surface area contributed by atoms with Crippen molar-refractivity contribution in [3.8, 4) is 34.3 Å². The molecule has 0 spiro atoms. The molecule has 8 heterocycles. The van der Waals surface area contributed by atoms with Crippen molar-refractivity contribution in [1.82, 2.24) is 28.9 Å². The van der Waals surface area contributed by atoms with Crippen LogP contribution in [0.5, 0.6) is 11.5 Å². The molecule has 2 aromatic carbocycles. The summed E-state index contributed by atoms with van der Waals surface area (Å²) < 4.78 is 36.0. The van der Waals surface area contributed by atoms with E-state index in [2.05, 4.69) is 0 Å². The molecule has 20 nitrogen and oxygen atoms in total. The number of hydrogen-bond donors (Lipinski definition) is 2. The number of rotatable bonds is 13. The Morgan fingerprint density at radius 2 is 1.04 bits per heavy atom. The van der Waals surface area contributed by atoms with E-state index in [1.54, 1.807) is 85.6 Å². The number of ether oxygens (including phenoxy) is 6. The summed E-state index contributed by atoms with van der Waals surface area (Å²) in [6.45, 7) is 4.75. The molecule has 0 saturated heterocycles. The van der Waals surface area contributed by atoms with E-state index >= 15 is 0 Å². The van der Waals surface area contributed by atoms with Crippen LogP contribution in [0.3, 0.4) is 0 Å². The highest BCUT2D eigenvalue weighted by Crippen LogP contribution is 2.41. The Morgan fingerprint density at radius 1 is 0.629 bits per heavy atom. The molecule has 0 saturated carbocycles. The van der Waals surface area contributed by atoms with E-state index in [9.17, 15) is 39.0 Å². The zero-order chi connectivity index (χ0) is 49.2. The molecule has 6 aromatic rings. The van der Waals surface area contributed by atoms with Gasteiger partial charge in [-0.1, -0.05) is 13.8 Å². The number of likely N-dealkylation sites (N-methyl/N-ethyl adjacent to an activating group) is 2. The number of cyclic esters (lactones) is 2. The molecular formula is C50H48N6O14. The second-order valence-corrected chi connectivity index (χ2v) is 17.7. The first kappa shape index (κ1) is 46.2. The third kappa shape index (κ3) is 7.81. The molecule has 2 unspecified atom stereocenters. The Bertz CT molecular complexity index is 3110. The fourth-order valence-electron chi connectivity index (χ4n) is 9.32. The number of esters is 2. The van der Waals surface area contributed by atoms with Gasteiger partial charge in [-0.05, 0) is 73.5 Å². The van der Waals surface area contributed by atoms with Gasteiger partial charge in [0.2, 0.25) is 0 Å². The van der Waals surface area contributed by atoms with Gasteiger partial charge in [0.25, 0.3) is 11.1 Å². The smallest absolute Gasteiger partial charge is 0.415 e. The fraction of sp³-hybridized carbons (Fsp3) is 0.360. The minimum atomic E-state index is -1.92. The second kappa shape index (κ2) is 17.8. The number of fused-ring (bicyclic) bond motifs is 10. The lowest BCUT2D eigenvalue weighted by Gasteiger charge is -2.31. The van der Waals surface area contributed by atoms with Crippen molar-refractivity contribution in [2.75, 3.05) is 53.6 Å². The van der Waals surface area contributed by atoms with Crippen molar-refractivity contribution in [1.29, 1.82) is 0 Å². The monoisotopic (exact) mass is 956 g/mol. The van der Waals surface area contributed by atoms with Gasteiger partial charge < -0.3 is 57.6 Å². The fourth-order valence-corrected chi connectivity index (χ4v) is 9.32. The Morgan fingerprint density at radius 3 is 1.44 bits per heavy atom. The topological polar surface area (TPSA) is 240 Å². The van der Waals surface area contributed by atoms with Crippen LogP contribution < -0.4 is 20.6 Å². The highest BCUT2D eigenvalue weighted by Gasteiger charge is 2.47. The molecule has 0 radical (unpaired) electrons. The van der Waals surface area contributed by atoms with Gasteiger partial charge in [0.1, 0.15) is 24.7 Å². The Hall–Kier alpha value is -7.52. The number of aromatic nitrogens is 4. The number of carbonyl (C=O) groups is 4. The largest absolute Gasteiger partial charge is 0.458 e. The average Bonchev–Trinajstić information content (AvgIpc) is 3.90. The van der Waals surface area contributed by atoms with Gasteiger partial charge in [-0.15, -0.1) is 0 Å². The van der Waals surface area contributed by atoms with Crippen molar-refractivity contribution >= 4 is 45.9 Å². The van der Waals surface area contributed by atoms with Gasteiger partial charge in [-0.3, -0.25) is 9.59 Å². The summed E-state index contributed by atoms with van der Waals surface area (Å²) in [5, 5.41) is 23.6. The summed E-state index contributed by atoms with van der Waals surface area (Å²) in [4.78, 5) is 90.2. The maximum absolute atomic E-state index is 13.5. The first-order valence-corrected chi connectivity index (χ1v) is 22.8. The SMILES string of the molecule is CCC1(O)C(=O)OCc2c1cc1n(c2=O)Cc2cc3cc(OC(=O)N(C)CCOCCOCCN(C)C(=O)Oc4ccc5nc6c(cc5c4)Cn4c-6cc5c(c4=O)COC(=O)C5(O)CC)ccc3nc2-1. The minimum absolute atomic E-state index is 0.0467. The molecule has 4 aliphatic heterocycles. The molecule has 0 fully saturated rings. The normalized spacial score (nSPS) is 18.3. The lowest BCUT2D eigenvalue weighted by molar-refractivity contribution is -0.172. The van der Waals surface area contributed by atoms with Crippen LogP contribution in [0.25, 0.3) is 44.6 Å². The van der Waals surface area contributed by atoms with Crippen LogP contribution in [-0.4, -0.2) is 117 Å². The molecule has 0 bridgehead atoms. The Balaban J connectivity index is 0.660. The third-order valence-electron chi connectivity index (χ3n) is 13.5. The summed E-state index contributed by atoms with van der Waals surface area (Å²) in [6.07, 6.45) is -1.10. The van der Waals surface area contributed by atoms with Gasteiger partial charge in [0.15, 0.2) is 11.2 Å². The van der Waals surface area contributed by atoms with E-state index in [1.807, 2.05) is 12.1 Å². The molecule has 2 N–H and O–H groups in total. The van der Waals surface area contributed by atoms with Crippen molar-refractivity contribution in [2.45, 2.75) is 64.2 Å². The number of pyridine rings is 4. The Kier molecular flexibility index (Phi) is 11.7. The first-order valence-electron chi connectivity index (χ1n) is 22.8. The summed E-state index contributed by atoms with van der Waals surface area (Å²) in [6, 6.07) is 17.1. The van der Waals surface area contributed by atoms with Crippen LogP contribution in [0, 0.1) is 0 Å².